The Balaban J connectivity index is 2.48. The lowest BCUT2D eigenvalue weighted by molar-refractivity contribution is 0.137. The van der Waals surface area contributed by atoms with Crippen LogP contribution < -0.4 is 11.1 Å². The molecule has 76 valence electrons. The first-order valence-corrected chi connectivity index (χ1v) is 4.97. The Labute approximate surface area is 80.3 Å². The summed E-state index contributed by atoms with van der Waals surface area (Å²) in [6.07, 6.45) is 5.10. The molecule has 1 saturated heterocycles. The van der Waals surface area contributed by atoms with Crippen LogP contribution in [-0.2, 0) is 4.74 Å². The van der Waals surface area contributed by atoms with E-state index in [1.165, 1.54) is 0 Å². The molecule has 3 nitrogen and oxygen atoms in total. The Kier molecular flexibility index (Phi) is 4.42. The van der Waals surface area contributed by atoms with Crippen molar-refractivity contribution in [2.75, 3.05) is 26.3 Å². The molecule has 13 heavy (non-hydrogen) atoms. The molecule has 0 amide bonds. The van der Waals surface area contributed by atoms with E-state index in [0.717, 1.165) is 39.0 Å². The second kappa shape index (κ2) is 5.37. The van der Waals surface area contributed by atoms with Crippen LogP contribution in [0.3, 0.4) is 0 Å². The predicted molar refractivity (Wildman–Crippen MR) is 54.7 cm³/mol. The van der Waals surface area contributed by atoms with Gasteiger partial charge in [-0.2, -0.15) is 0 Å². The Morgan fingerprint density at radius 3 is 3.00 bits per heavy atom. The summed E-state index contributed by atoms with van der Waals surface area (Å²) in [5.41, 5.74) is 5.88. The van der Waals surface area contributed by atoms with Crippen molar-refractivity contribution in [3.05, 3.63) is 12.7 Å². The molecule has 1 heterocycles. The van der Waals surface area contributed by atoms with Gasteiger partial charge in [0, 0.05) is 31.8 Å². The third kappa shape index (κ3) is 3.10. The standard InChI is InChI=1S/C10H20N2O/c1-2-6-12-10(9-11)4-3-7-13-8-5-10/h2,12H,1,3-9,11H2. The number of ether oxygens (including phenoxy) is 1. The Hall–Kier alpha value is -0.380. The highest BCUT2D eigenvalue weighted by atomic mass is 16.5. The van der Waals surface area contributed by atoms with Crippen LogP contribution in [0.1, 0.15) is 19.3 Å². The molecule has 1 aliphatic heterocycles. The number of rotatable bonds is 4. The third-order valence-corrected chi connectivity index (χ3v) is 2.68. The van der Waals surface area contributed by atoms with Gasteiger partial charge in [-0.15, -0.1) is 6.58 Å². The molecule has 1 fully saturated rings. The first-order chi connectivity index (χ1) is 6.33. The first kappa shape index (κ1) is 10.7. The summed E-state index contributed by atoms with van der Waals surface area (Å²) < 4.78 is 5.41. The van der Waals surface area contributed by atoms with Crippen molar-refractivity contribution in [1.29, 1.82) is 0 Å². The molecule has 1 atom stereocenters. The molecule has 3 heteroatoms. The van der Waals surface area contributed by atoms with E-state index in [2.05, 4.69) is 11.9 Å². The molecule has 1 unspecified atom stereocenters. The summed E-state index contributed by atoms with van der Waals surface area (Å²) in [6.45, 7) is 6.91. The van der Waals surface area contributed by atoms with Crippen LogP contribution in [0, 0.1) is 0 Å². The predicted octanol–water partition coefficient (Wildman–Crippen LogP) is 0.660. The molecule has 0 aliphatic carbocycles. The quantitative estimate of drug-likeness (QED) is 0.631. The van der Waals surface area contributed by atoms with E-state index < -0.39 is 0 Å². The summed E-state index contributed by atoms with van der Waals surface area (Å²) >= 11 is 0. The zero-order valence-corrected chi connectivity index (χ0v) is 8.22. The van der Waals surface area contributed by atoms with E-state index in [1.54, 1.807) is 0 Å². The second-order valence-electron chi connectivity index (χ2n) is 3.62. The Morgan fingerprint density at radius 2 is 2.31 bits per heavy atom. The van der Waals surface area contributed by atoms with Gasteiger partial charge in [0.1, 0.15) is 0 Å². The van der Waals surface area contributed by atoms with Crippen LogP contribution >= 0.6 is 0 Å². The molecule has 1 rings (SSSR count). The largest absolute Gasteiger partial charge is 0.381 e. The molecular weight excluding hydrogens is 164 g/mol. The fourth-order valence-corrected chi connectivity index (χ4v) is 1.75. The van der Waals surface area contributed by atoms with Gasteiger partial charge in [-0.25, -0.2) is 0 Å². The van der Waals surface area contributed by atoms with Crippen molar-refractivity contribution in [2.24, 2.45) is 5.73 Å². The maximum Gasteiger partial charge on any atom is 0.0484 e. The summed E-state index contributed by atoms with van der Waals surface area (Å²) in [7, 11) is 0. The Morgan fingerprint density at radius 1 is 1.46 bits per heavy atom. The van der Waals surface area contributed by atoms with Crippen LogP contribution in [0.15, 0.2) is 12.7 Å². The average molecular weight is 184 g/mol. The van der Waals surface area contributed by atoms with Crippen molar-refractivity contribution in [1.82, 2.24) is 5.32 Å². The summed E-state index contributed by atoms with van der Waals surface area (Å²) in [5.74, 6) is 0. The highest BCUT2D eigenvalue weighted by Crippen LogP contribution is 2.19. The second-order valence-corrected chi connectivity index (χ2v) is 3.62. The van der Waals surface area contributed by atoms with E-state index in [-0.39, 0.29) is 5.54 Å². The lowest BCUT2D eigenvalue weighted by Gasteiger charge is -2.31. The topological polar surface area (TPSA) is 47.3 Å². The van der Waals surface area contributed by atoms with Crippen LogP contribution in [0.4, 0.5) is 0 Å². The highest BCUT2D eigenvalue weighted by molar-refractivity contribution is 4.92. The first-order valence-electron chi connectivity index (χ1n) is 4.97. The van der Waals surface area contributed by atoms with Gasteiger partial charge in [-0.1, -0.05) is 6.08 Å². The normalized spacial score (nSPS) is 29.6. The highest BCUT2D eigenvalue weighted by Gasteiger charge is 2.28. The minimum atomic E-state index is 0.0880. The van der Waals surface area contributed by atoms with Crippen molar-refractivity contribution in [3.8, 4) is 0 Å². The molecule has 0 aromatic rings. The van der Waals surface area contributed by atoms with Crippen LogP contribution in [0.25, 0.3) is 0 Å². The van der Waals surface area contributed by atoms with Gasteiger partial charge in [0.05, 0.1) is 0 Å². The number of nitrogens with two attached hydrogens (primary N) is 1. The van der Waals surface area contributed by atoms with Crippen LogP contribution in [0.5, 0.6) is 0 Å². The lowest BCUT2D eigenvalue weighted by atomic mass is 9.90. The molecule has 1 aliphatic rings. The minimum Gasteiger partial charge on any atom is -0.381 e. The maximum atomic E-state index is 5.80. The molecule has 0 bridgehead atoms. The van der Waals surface area contributed by atoms with E-state index in [9.17, 15) is 0 Å². The Bertz CT molecular complexity index is 151. The van der Waals surface area contributed by atoms with Gasteiger partial charge in [-0.05, 0) is 19.3 Å². The maximum absolute atomic E-state index is 5.80. The summed E-state index contributed by atoms with van der Waals surface area (Å²) in [4.78, 5) is 0. The van der Waals surface area contributed by atoms with Crippen molar-refractivity contribution in [3.63, 3.8) is 0 Å². The smallest absolute Gasteiger partial charge is 0.0484 e. The molecule has 0 aromatic heterocycles. The molecular formula is C10H20N2O. The van der Waals surface area contributed by atoms with E-state index in [4.69, 9.17) is 10.5 Å². The number of nitrogens with one attached hydrogen (secondary N) is 1. The van der Waals surface area contributed by atoms with Crippen molar-refractivity contribution in [2.45, 2.75) is 24.8 Å². The van der Waals surface area contributed by atoms with Crippen molar-refractivity contribution < 1.29 is 4.74 Å². The number of hydrogen-bond donors (Lipinski definition) is 2. The van der Waals surface area contributed by atoms with Crippen LogP contribution in [0.2, 0.25) is 0 Å². The molecule has 0 aromatic carbocycles. The zero-order valence-electron chi connectivity index (χ0n) is 8.22. The molecule has 3 N–H and O–H groups in total. The van der Waals surface area contributed by atoms with Gasteiger partial charge in [0.2, 0.25) is 0 Å². The van der Waals surface area contributed by atoms with E-state index in [0.29, 0.717) is 6.54 Å². The van der Waals surface area contributed by atoms with E-state index in [1.807, 2.05) is 6.08 Å². The monoisotopic (exact) mass is 184 g/mol. The zero-order chi connectivity index (χ0) is 9.57. The SMILES string of the molecule is C=CCNC1(CN)CCCOCC1. The van der Waals surface area contributed by atoms with Gasteiger partial charge < -0.3 is 15.8 Å². The summed E-state index contributed by atoms with van der Waals surface area (Å²) in [6, 6.07) is 0. The fraction of sp³-hybridized carbons (Fsp3) is 0.800. The third-order valence-electron chi connectivity index (χ3n) is 2.68. The van der Waals surface area contributed by atoms with Crippen molar-refractivity contribution >= 4 is 0 Å². The van der Waals surface area contributed by atoms with Gasteiger partial charge in [0.25, 0.3) is 0 Å². The fourth-order valence-electron chi connectivity index (χ4n) is 1.75. The van der Waals surface area contributed by atoms with Gasteiger partial charge in [0.15, 0.2) is 0 Å². The number of hydrogen-bond acceptors (Lipinski definition) is 3. The molecule has 0 spiro atoms. The van der Waals surface area contributed by atoms with Gasteiger partial charge >= 0.3 is 0 Å². The average Bonchev–Trinajstić information content (AvgIpc) is 2.41. The summed E-state index contributed by atoms with van der Waals surface area (Å²) in [5, 5.41) is 3.45. The lowest BCUT2D eigenvalue weighted by Crippen LogP contribution is -2.51. The van der Waals surface area contributed by atoms with E-state index >= 15 is 0 Å². The van der Waals surface area contributed by atoms with Crippen LogP contribution in [-0.4, -0.2) is 31.8 Å². The molecule has 0 saturated carbocycles. The van der Waals surface area contributed by atoms with Gasteiger partial charge in [-0.3, -0.25) is 0 Å². The minimum absolute atomic E-state index is 0.0880. The molecule has 0 radical (unpaired) electrons.